The summed E-state index contributed by atoms with van der Waals surface area (Å²) in [5.74, 6) is 0.906. The first-order chi connectivity index (χ1) is 15.5. The van der Waals surface area contributed by atoms with E-state index in [0.29, 0.717) is 51.9 Å². The van der Waals surface area contributed by atoms with Crippen molar-refractivity contribution in [3.8, 4) is 5.75 Å². The van der Waals surface area contributed by atoms with Gasteiger partial charge in [0.1, 0.15) is 11.5 Å². The summed E-state index contributed by atoms with van der Waals surface area (Å²) in [6, 6.07) is 13.7. The fraction of sp³-hybridized carbons (Fsp3) is 0.208. The lowest BCUT2D eigenvalue weighted by atomic mass is 9.93. The lowest BCUT2D eigenvalue weighted by Crippen LogP contribution is -2.22. The molecule has 164 valence electrons. The van der Waals surface area contributed by atoms with Crippen molar-refractivity contribution in [1.29, 1.82) is 0 Å². The number of aryl methyl sites for hydroxylation is 1. The molecule has 1 heterocycles. The zero-order valence-corrected chi connectivity index (χ0v) is 18.5. The van der Waals surface area contributed by atoms with E-state index in [4.69, 9.17) is 20.8 Å². The van der Waals surface area contributed by atoms with Crippen molar-refractivity contribution in [3.05, 3.63) is 81.8 Å². The highest BCUT2D eigenvalue weighted by molar-refractivity contribution is 6.31. The third-order valence-electron chi connectivity index (χ3n) is 5.26. The van der Waals surface area contributed by atoms with Crippen LogP contribution in [0.5, 0.6) is 5.75 Å². The van der Waals surface area contributed by atoms with Crippen molar-refractivity contribution < 1.29 is 18.7 Å². The van der Waals surface area contributed by atoms with Gasteiger partial charge in [0.15, 0.2) is 5.76 Å². The summed E-state index contributed by atoms with van der Waals surface area (Å²) in [5.41, 5.74) is 5.82. The normalized spacial score (nSPS) is 14.0. The van der Waals surface area contributed by atoms with Crippen LogP contribution in [-0.4, -0.2) is 24.6 Å². The maximum absolute atomic E-state index is 12.8. The highest BCUT2D eigenvalue weighted by Crippen LogP contribution is 2.30. The Morgan fingerprint density at radius 2 is 1.88 bits per heavy atom. The molecule has 0 bridgehead atoms. The van der Waals surface area contributed by atoms with Gasteiger partial charge in [-0.2, -0.15) is 5.10 Å². The van der Waals surface area contributed by atoms with Crippen LogP contribution in [0.3, 0.4) is 0 Å². The first-order valence-electron chi connectivity index (χ1n) is 10.2. The van der Waals surface area contributed by atoms with Crippen LogP contribution in [0.1, 0.15) is 50.6 Å². The molecule has 0 saturated heterocycles. The lowest BCUT2D eigenvalue weighted by Gasteiger charge is -2.13. The number of nitrogens with one attached hydrogen (secondary N) is 2. The molecule has 1 aliphatic rings. The SMILES string of the molecule is COc1ccc(C(=O)N/N=C2\CCCc3oc(C(=O)Nc4cccc(Cl)c4)c(C)c32)cc1. The molecule has 0 radical (unpaired) electrons. The number of carbonyl (C=O) groups is 2. The molecular formula is C24H22ClN3O4. The summed E-state index contributed by atoms with van der Waals surface area (Å²) >= 11 is 6.00. The number of furan rings is 1. The molecule has 1 aromatic heterocycles. The van der Waals surface area contributed by atoms with Crippen molar-refractivity contribution in [2.24, 2.45) is 5.10 Å². The Morgan fingerprint density at radius 1 is 1.09 bits per heavy atom. The first-order valence-corrected chi connectivity index (χ1v) is 10.5. The molecule has 0 spiro atoms. The van der Waals surface area contributed by atoms with E-state index in [2.05, 4.69) is 15.8 Å². The van der Waals surface area contributed by atoms with Crippen LogP contribution in [0.25, 0.3) is 0 Å². The summed E-state index contributed by atoms with van der Waals surface area (Å²) < 4.78 is 11.0. The number of hydrazone groups is 1. The third kappa shape index (κ3) is 4.53. The van der Waals surface area contributed by atoms with Gasteiger partial charge >= 0.3 is 0 Å². The number of methoxy groups -OCH3 is 1. The zero-order valence-electron chi connectivity index (χ0n) is 17.7. The number of amides is 2. The molecule has 0 aliphatic heterocycles. The molecule has 4 rings (SSSR count). The highest BCUT2D eigenvalue weighted by atomic mass is 35.5. The number of fused-ring (bicyclic) bond motifs is 1. The van der Waals surface area contributed by atoms with Crippen molar-refractivity contribution in [3.63, 3.8) is 0 Å². The smallest absolute Gasteiger partial charge is 0.291 e. The van der Waals surface area contributed by atoms with E-state index in [-0.39, 0.29) is 17.6 Å². The summed E-state index contributed by atoms with van der Waals surface area (Å²) in [7, 11) is 1.57. The molecule has 2 N–H and O–H groups in total. The minimum absolute atomic E-state index is 0.228. The highest BCUT2D eigenvalue weighted by Gasteiger charge is 2.28. The van der Waals surface area contributed by atoms with Gasteiger partial charge in [0.25, 0.3) is 11.8 Å². The number of anilines is 1. The van der Waals surface area contributed by atoms with Crippen LogP contribution >= 0.6 is 11.6 Å². The average Bonchev–Trinajstić information content (AvgIpc) is 3.15. The number of halogens is 1. The molecule has 2 amide bonds. The van der Waals surface area contributed by atoms with E-state index in [1.54, 1.807) is 55.6 Å². The molecule has 8 heteroatoms. The number of rotatable bonds is 5. The number of ether oxygens (including phenoxy) is 1. The molecular weight excluding hydrogens is 430 g/mol. The topological polar surface area (TPSA) is 92.9 Å². The molecule has 7 nitrogen and oxygen atoms in total. The lowest BCUT2D eigenvalue weighted by molar-refractivity contribution is 0.0953. The Balaban J connectivity index is 1.54. The van der Waals surface area contributed by atoms with E-state index in [1.807, 2.05) is 6.92 Å². The second-order valence-electron chi connectivity index (χ2n) is 7.40. The molecule has 0 saturated carbocycles. The molecule has 0 fully saturated rings. The van der Waals surface area contributed by atoms with Crippen LogP contribution in [-0.2, 0) is 6.42 Å². The van der Waals surface area contributed by atoms with Gasteiger partial charge in [-0.05, 0) is 62.2 Å². The Labute approximate surface area is 190 Å². The van der Waals surface area contributed by atoms with E-state index < -0.39 is 0 Å². The first kappa shape index (κ1) is 21.6. The number of carbonyl (C=O) groups excluding carboxylic acids is 2. The maximum Gasteiger partial charge on any atom is 0.291 e. The standard InChI is InChI=1S/C24H22ClN3O4/c1-14-21-19(27-28-23(29)15-9-11-18(31-2)12-10-15)7-4-8-20(21)32-22(14)24(30)26-17-6-3-5-16(25)13-17/h3,5-6,9-13H,4,7-8H2,1-2H3,(H,26,30)(H,28,29)/b27-19+. The summed E-state index contributed by atoms with van der Waals surface area (Å²) in [6.45, 7) is 1.82. The van der Waals surface area contributed by atoms with Gasteiger partial charge in [0, 0.05) is 33.8 Å². The fourth-order valence-corrected chi connectivity index (χ4v) is 3.87. The van der Waals surface area contributed by atoms with E-state index >= 15 is 0 Å². The van der Waals surface area contributed by atoms with Gasteiger partial charge in [0.2, 0.25) is 0 Å². The molecule has 0 atom stereocenters. The fourth-order valence-electron chi connectivity index (χ4n) is 3.68. The summed E-state index contributed by atoms with van der Waals surface area (Å²) in [5, 5.41) is 7.69. The Kier molecular flexibility index (Phi) is 6.28. The molecule has 3 aromatic rings. The summed E-state index contributed by atoms with van der Waals surface area (Å²) in [6.07, 6.45) is 2.18. The second-order valence-corrected chi connectivity index (χ2v) is 7.84. The van der Waals surface area contributed by atoms with Gasteiger partial charge in [-0.15, -0.1) is 0 Å². The predicted molar refractivity (Wildman–Crippen MR) is 123 cm³/mol. The predicted octanol–water partition coefficient (Wildman–Crippen LogP) is 4.97. The van der Waals surface area contributed by atoms with Crippen molar-refractivity contribution in [1.82, 2.24) is 5.43 Å². The molecule has 0 unspecified atom stereocenters. The third-order valence-corrected chi connectivity index (χ3v) is 5.49. The minimum Gasteiger partial charge on any atom is -0.497 e. The molecule has 1 aliphatic carbocycles. The van der Waals surface area contributed by atoms with Gasteiger partial charge in [-0.1, -0.05) is 17.7 Å². The Morgan fingerprint density at radius 3 is 2.59 bits per heavy atom. The minimum atomic E-state index is -0.360. The summed E-state index contributed by atoms with van der Waals surface area (Å²) in [4.78, 5) is 25.3. The quantitative estimate of drug-likeness (QED) is 0.535. The van der Waals surface area contributed by atoms with Gasteiger partial charge in [-0.3, -0.25) is 9.59 Å². The van der Waals surface area contributed by atoms with Gasteiger partial charge in [-0.25, -0.2) is 5.43 Å². The van der Waals surface area contributed by atoms with E-state index in [1.165, 1.54) is 0 Å². The second kappa shape index (κ2) is 9.28. The Bertz CT molecular complexity index is 1200. The largest absolute Gasteiger partial charge is 0.497 e. The monoisotopic (exact) mass is 451 g/mol. The number of hydrogen-bond donors (Lipinski definition) is 2. The van der Waals surface area contributed by atoms with Crippen LogP contribution in [0, 0.1) is 6.92 Å². The molecule has 2 aromatic carbocycles. The van der Waals surface area contributed by atoms with Crippen LogP contribution in [0.2, 0.25) is 5.02 Å². The van der Waals surface area contributed by atoms with Crippen LogP contribution in [0.4, 0.5) is 5.69 Å². The maximum atomic E-state index is 12.8. The average molecular weight is 452 g/mol. The van der Waals surface area contributed by atoms with Crippen molar-refractivity contribution in [2.45, 2.75) is 26.2 Å². The molecule has 32 heavy (non-hydrogen) atoms. The number of nitrogens with zero attached hydrogens (tertiary/aromatic N) is 1. The van der Waals surface area contributed by atoms with Gasteiger partial charge in [0.05, 0.1) is 12.8 Å². The van der Waals surface area contributed by atoms with Crippen molar-refractivity contribution >= 4 is 34.8 Å². The van der Waals surface area contributed by atoms with Crippen LogP contribution < -0.4 is 15.5 Å². The number of hydrogen-bond acceptors (Lipinski definition) is 5. The zero-order chi connectivity index (χ0) is 22.7. The van der Waals surface area contributed by atoms with Crippen LogP contribution in [0.15, 0.2) is 58.0 Å². The Hall–Kier alpha value is -3.58. The number of benzene rings is 2. The van der Waals surface area contributed by atoms with E-state index in [0.717, 1.165) is 12.0 Å². The van der Waals surface area contributed by atoms with E-state index in [9.17, 15) is 9.59 Å². The van der Waals surface area contributed by atoms with Gasteiger partial charge < -0.3 is 14.5 Å². The van der Waals surface area contributed by atoms with Crippen molar-refractivity contribution in [2.75, 3.05) is 12.4 Å².